The van der Waals surface area contributed by atoms with Gasteiger partial charge in [0.2, 0.25) is 10.0 Å². The summed E-state index contributed by atoms with van der Waals surface area (Å²) in [5, 5.41) is 0. The van der Waals surface area contributed by atoms with Gasteiger partial charge in [-0.1, -0.05) is 24.3 Å². The number of aliphatic imine (C=N–C) groups is 1. The molecule has 0 aliphatic rings. The zero-order valence-electron chi connectivity index (χ0n) is 16.0. The molecule has 2 rings (SSSR count). The fraction of sp³-hybridized carbons (Fsp3) is 0.316. The normalized spacial score (nSPS) is 11.1. The van der Waals surface area contributed by atoms with Gasteiger partial charge in [-0.15, -0.1) is 0 Å². The molecule has 0 amide bonds. The van der Waals surface area contributed by atoms with Crippen molar-refractivity contribution in [1.82, 2.24) is 14.5 Å². The largest absolute Gasteiger partial charge is 0.349 e. The standard InChI is InChI=1S/C19H25FN4O2S/c1-23(2)19(24(3)4)21-13-16-8-6-10-18(12-16)27(25,26)22-14-15-7-5-9-17(20)11-15/h5-12,22H,13-14H2,1-4H3. The molecule has 0 heterocycles. The monoisotopic (exact) mass is 392 g/mol. The average Bonchev–Trinajstić information content (AvgIpc) is 2.60. The third kappa shape index (κ3) is 6.04. The number of benzene rings is 2. The van der Waals surface area contributed by atoms with E-state index in [-0.39, 0.29) is 11.4 Å². The van der Waals surface area contributed by atoms with Crippen LogP contribution in [-0.4, -0.2) is 52.4 Å². The molecule has 2 aromatic rings. The first-order chi connectivity index (χ1) is 12.7. The highest BCUT2D eigenvalue weighted by molar-refractivity contribution is 7.89. The predicted octanol–water partition coefficient (Wildman–Crippen LogP) is 2.28. The molecule has 6 nitrogen and oxygen atoms in total. The number of nitrogens with one attached hydrogen (secondary N) is 1. The maximum absolute atomic E-state index is 13.2. The lowest BCUT2D eigenvalue weighted by atomic mass is 10.2. The summed E-state index contributed by atoms with van der Waals surface area (Å²) in [6.07, 6.45) is 0. The Morgan fingerprint density at radius 1 is 1.00 bits per heavy atom. The minimum absolute atomic E-state index is 0.0217. The fourth-order valence-electron chi connectivity index (χ4n) is 2.56. The molecule has 146 valence electrons. The first kappa shape index (κ1) is 20.9. The van der Waals surface area contributed by atoms with E-state index in [1.165, 1.54) is 18.2 Å². The maximum Gasteiger partial charge on any atom is 0.240 e. The summed E-state index contributed by atoms with van der Waals surface area (Å²) in [6.45, 7) is 0.382. The van der Waals surface area contributed by atoms with Crippen LogP contribution in [0.2, 0.25) is 0 Å². The van der Waals surface area contributed by atoms with Gasteiger partial charge in [-0.3, -0.25) is 0 Å². The number of guanidine groups is 1. The second-order valence-corrected chi connectivity index (χ2v) is 8.27. The van der Waals surface area contributed by atoms with Gasteiger partial charge in [-0.05, 0) is 35.4 Å². The SMILES string of the molecule is CN(C)C(=NCc1cccc(S(=O)(=O)NCc2cccc(F)c2)c1)N(C)C. The van der Waals surface area contributed by atoms with Crippen LogP contribution in [0.15, 0.2) is 58.4 Å². The van der Waals surface area contributed by atoms with Crippen LogP contribution in [-0.2, 0) is 23.1 Å². The summed E-state index contributed by atoms with van der Waals surface area (Å²) in [4.78, 5) is 8.47. The molecular weight excluding hydrogens is 367 g/mol. The van der Waals surface area contributed by atoms with Gasteiger partial charge >= 0.3 is 0 Å². The van der Waals surface area contributed by atoms with Gasteiger partial charge in [-0.2, -0.15) is 0 Å². The van der Waals surface area contributed by atoms with Gasteiger partial charge in [-0.25, -0.2) is 22.5 Å². The van der Waals surface area contributed by atoms with Crippen molar-refractivity contribution in [3.63, 3.8) is 0 Å². The molecule has 0 aromatic heterocycles. The number of nitrogens with zero attached hydrogens (tertiary/aromatic N) is 3. The molecule has 0 radical (unpaired) electrons. The number of rotatable bonds is 6. The van der Waals surface area contributed by atoms with Crippen LogP contribution < -0.4 is 4.72 Å². The van der Waals surface area contributed by atoms with Crippen LogP contribution in [0.1, 0.15) is 11.1 Å². The molecule has 0 bridgehead atoms. The summed E-state index contributed by atoms with van der Waals surface area (Å²) in [5.41, 5.74) is 1.34. The summed E-state index contributed by atoms with van der Waals surface area (Å²) in [7, 11) is 3.89. The van der Waals surface area contributed by atoms with Crippen molar-refractivity contribution in [2.45, 2.75) is 18.0 Å². The molecule has 0 spiro atoms. The summed E-state index contributed by atoms with van der Waals surface area (Å²) < 4.78 is 40.8. The topological polar surface area (TPSA) is 65.0 Å². The Kier molecular flexibility index (Phi) is 6.92. The lowest BCUT2D eigenvalue weighted by Gasteiger charge is -2.22. The van der Waals surface area contributed by atoms with E-state index in [0.717, 1.165) is 11.5 Å². The molecule has 0 aliphatic carbocycles. The van der Waals surface area contributed by atoms with Crippen molar-refractivity contribution in [3.05, 3.63) is 65.5 Å². The van der Waals surface area contributed by atoms with Crippen molar-refractivity contribution in [3.8, 4) is 0 Å². The van der Waals surface area contributed by atoms with Crippen molar-refractivity contribution >= 4 is 16.0 Å². The van der Waals surface area contributed by atoms with Gasteiger partial charge in [0, 0.05) is 34.7 Å². The third-order valence-electron chi connectivity index (χ3n) is 3.77. The van der Waals surface area contributed by atoms with E-state index in [0.29, 0.717) is 12.1 Å². The van der Waals surface area contributed by atoms with E-state index < -0.39 is 15.8 Å². The van der Waals surface area contributed by atoms with Gasteiger partial charge in [0.25, 0.3) is 0 Å². The zero-order chi connectivity index (χ0) is 20.0. The van der Waals surface area contributed by atoms with E-state index in [4.69, 9.17) is 0 Å². The van der Waals surface area contributed by atoms with Crippen LogP contribution in [0.3, 0.4) is 0 Å². The second-order valence-electron chi connectivity index (χ2n) is 6.51. The van der Waals surface area contributed by atoms with Crippen LogP contribution in [0.5, 0.6) is 0 Å². The smallest absolute Gasteiger partial charge is 0.240 e. The van der Waals surface area contributed by atoms with E-state index in [2.05, 4.69) is 9.71 Å². The number of halogens is 1. The maximum atomic E-state index is 13.2. The van der Waals surface area contributed by atoms with Crippen LogP contribution in [0.25, 0.3) is 0 Å². The molecule has 0 atom stereocenters. The summed E-state index contributed by atoms with van der Waals surface area (Å²) in [6, 6.07) is 12.5. The number of hydrogen-bond donors (Lipinski definition) is 1. The van der Waals surface area contributed by atoms with Gasteiger partial charge in [0.1, 0.15) is 5.82 Å². The molecule has 0 saturated carbocycles. The second kappa shape index (κ2) is 8.96. The van der Waals surface area contributed by atoms with E-state index >= 15 is 0 Å². The molecule has 8 heteroatoms. The summed E-state index contributed by atoms with van der Waals surface area (Å²) >= 11 is 0. The average molecular weight is 393 g/mol. The van der Waals surface area contributed by atoms with Crippen molar-refractivity contribution in [2.24, 2.45) is 4.99 Å². The lowest BCUT2D eigenvalue weighted by Crippen LogP contribution is -2.35. The molecule has 0 fully saturated rings. The highest BCUT2D eigenvalue weighted by Crippen LogP contribution is 2.14. The van der Waals surface area contributed by atoms with Crippen molar-refractivity contribution < 1.29 is 12.8 Å². The quantitative estimate of drug-likeness (QED) is 0.605. The molecule has 0 saturated heterocycles. The third-order valence-corrected chi connectivity index (χ3v) is 5.17. The van der Waals surface area contributed by atoms with E-state index in [9.17, 15) is 12.8 Å². The van der Waals surface area contributed by atoms with Gasteiger partial charge < -0.3 is 9.80 Å². The van der Waals surface area contributed by atoms with Crippen molar-refractivity contribution in [2.75, 3.05) is 28.2 Å². The molecule has 27 heavy (non-hydrogen) atoms. The Morgan fingerprint density at radius 3 is 2.26 bits per heavy atom. The lowest BCUT2D eigenvalue weighted by molar-refractivity contribution is 0.479. The first-order valence-corrected chi connectivity index (χ1v) is 9.89. The summed E-state index contributed by atoms with van der Waals surface area (Å²) in [5.74, 6) is 0.386. The fourth-order valence-corrected chi connectivity index (χ4v) is 3.65. The van der Waals surface area contributed by atoms with E-state index in [1.807, 2.05) is 44.1 Å². The first-order valence-electron chi connectivity index (χ1n) is 8.41. The van der Waals surface area contributed by atoms with E-state index in [1.54, 1.807) is 24.3 Å². The van der Waals surface area contributed by atoms with Crippen LogP contribution in [0, 0.1) is 5.82 Å². The Hall–Kier alpha value is -2.45. The van der Waals surface area contributed by atoms with Crippen LogP contribution >= 0.6 is 0 Å². The molecule has 1 N–H and O–H groups in total. The number of hydrogen-bond acceptors (Lipinski definition) is 3. The molecule has 0 unspecified atom stereocenters. The van der Waals surface area contributed by atoms with Crippen molar-refractivity contribution in [1.29, 1.82) is 0 Å². The van der Waals surface area contributed by atoms with Crippen LogP contribution in [0.4, 0.5) is 4.39 Å². The minimum atomic E-state index is -3.71. The zero-order valence-corrected chi connectivity index (χ0v) is 16.8. The molecular formula is C19H25FN4O2S. The number of sulfonamides is 1. The highest BCUT2D eigenvalue weighted by Gasteiger charge is 2.14. The Labute approximate surface area is 160 Å². The Balaban J connectivity index is 2.14. The minimum Gasteiger partial charge on any atom is -0.349 e. The Bertz CT molecular complexity index is 901. The van der Waals surface area contributed by atoms with Gasteiger partial charge in [0.15, 0.2) is 5.96 Å². The highest BCUT2D eigenvalue weighted by atomic mass is 32.2. The van der Waals surface area contributed by atoms with Gasteiger partial charge in [0.05, 0.1) is 11.4 Å². The molecule has 0 aliphatic heterocycles. The molecule has 2 aromatic carbocycles. The Morgan fingerprint density at radius 2 is 1.63 bits per heavy atom. The predicted molar refractivity (Wildman–Crippen MR) is 105 cm³/mol.